The third kappa shape index (κ3) is 5.71. The Kier molecular flexibility index (Phi) is 7.21. The van der Waals surface area contributed by atoms with Crippen LogP contribution in [0.25, 0.3) is 22.3 Å². The van der Waals surface area contributed by atoms with Gasteiger partial charge in [0.25, 0.3) is 0 Å². The lowest BCUT2D eigenvalue weighted by Crippen LogP contribution is -2.54. The van der Waals surface area contributed by atoms with Crippen molar-refractivity contribution in [1.29, 1.82) is 0 Å². The van der Waals surface area contributed by atoms with Crippen LogP contribution < -0.4 is 10.2 Å². The molecule has 2 fully saturated rings. The summed E-state index contributed by atoms with van der Waals surface area (Å²) in [6.07, 6.45) is 4.49. The SMILES string of the molecule is CC(=O)N1CCN(c2ccc(-c3cc4nccnc4c(NC[C@@]4(C)CN(S(C)(=O)=O)CCO4)n3)cc2)CC1. The number of benzene rings is 1. The molecule has 0 radical (unpaired) electrons. The molecule has 0 aliphatic carbocycles. The molecule has 2 saturated heterocycles. The number of hydrogen-bond donors (Lipinski definition) is 1. The zero-order valence-corrected chi connectivity index (χ0v) is 22.7. The molecule has 2 aromatic heterocycles. The Morgan fingerprint density at radius 2 is 1.79 bits per heavy atom. The number of nitrogens with zero attached hydrogens (tertiary/aromatic N) is 6. The Labute approximate surface area is 222 Å². The van der Waals surface area contributed by atoms with E-state index in [-0.39, 0.29) is 12.5 Å². The highest BCUT2D eigenvalue weighted by molar-refractivity contribution is 7.88. The molecular formula is C26H33N7O4S. The number of rotatable bonds is 6. The summed E-state index contributed by atoms with van der Waals surface area (Å²) in [4.78, 5) is 29.6. The molecule has 0 unspecified atom stereocenters. The number of morpholine rings is 1. The minimum Gasteiger partial charge on any atom is -0.371 e. The highest BCUT2D eigenvalue weighted by Crippen LogP contribution is 2.29. The monoisotopic (exact) mass is 539 g/mol. The molecule has 3 aromatic rings. The van der Waals surface area contributed by atoms with Crippen molar-refractivity contribution in [3.63, 3.8) is 0 Å². The second-order valence-electron chi connectivity index (χ2n) is 10.1. The van der Waals surface area contributed by atoms with Gasteiger partial charge in [-0.2, -0.15) is 4.31 Å². The summed E-state index contributed by atoms with van der Waals surface area (Å²) in [5, 5.41) is 3.36. The highest BCUT2D eigenvalue weighted by Gasteiger charge is 2.36. The van der Waals surface area contributed by atoms with Crippen LogP contribution >= 0.6 is 0 Å². The summed E-state index contributed by atoms with van der Waals surface area (Å²) >= 11 is 0. The van der Waals surface area contributed by atoms with Crippen LogP contribution in [0.5, 0.6) is 0 Å². The molecule has 0 spiro atoms. The van der Waals surface area contributed by atoms with Gasteiger partial charge in [0.05, 0.1) is 29.7 Å². The Morgan fingerprint density at radius 3 is 2.47 bits per heavy atom. The topological polar surface area (TPSA) is 121 Å². The summed E-state index contributed by atoms with van der Waals surface area (Å²) in [7, 11) is -3.31. The van der Waals surface area contributed by atoms with Crippen molar-refractivity contribution in [2.24, 2.45) is 0 Å². The summed E-state index contributed by atoms with van der Waals surface area (Å²) in [6, 6.07) is 10.1. The Morgan fingerprint density at radius 1 is 1.08 bits per heavy atom. The fourth-order valence-electron chi connectivity index (χ4n) is 4.92. The molecule has 1 N–H and O–H groups in total. The Bertz CT molecular complexity index is 1430. The maximum atomic E-state index is 12.1. The number of ether oxygens (including phenoxy) is 1. The van der Waals surface area contributed by atoms with Gasteiger partial charge in [-0.3, -0.25) is 9.78 Å². The zero-order valence-electron chi connectivity index (χ0n) is 21.9. The van der Waals surface area contributed by atoms with E-state index in [0.717, 1.165) is 43.1 Å². The summed E-state index contributed by atoms with van der Waals surface area (Å²) < 4.78 is 31.6. The lowest BCUT2D eigenvalue weighted by atomic mass is 10.1. The van der Waals surface area contributed by atoms with Crippen LogP contribution in [0, 0.1) is 0 Å². The number of aromatic nitrogens is 3. The molecule has 4 heterocycles. The van der Waals surface area contributed by atoms with E-state index >= 15 is 0 Å². The first kappa shape index (κ1) is 26.3. The van der Waals surface area contributed by atoms with E-state index in [1.807, 2.05) is 30.0 Å². The van der Waals surface area contributed by atoms with E-state index in [9.17, 15) is 13.2 Å². The van der Waals surface area contributed by atoms with E-state index in [4.69, 9.17) is 9.72 Å². The minimum atomic E-state index is -3.31. The number of nitrogens with one attached hydrogen (secondary N) is 1. The molecule has 1 amide bonds. The normalized spacial score (nSPS) is 21.0. The molecule has 38 heavy (non-hydrogen) atoms. The molecule has 1 atom stereocenters. The molecule has 12 heteroatoms. The van der Waals surface area contributed by atoms with Crippen LogP contribution in [-0.2, 0) is 19.6 Å². The van der Waals surface area contributed by atoms with Crippen LogP contribution in [-0.4, -0.2) is 103 Å². The average molecular weight is 540 g/mol. The van der Waals surface area contributed by atoms with Crippen molar-refractivity contribution < 1.29 is 17.9 Å². The fraction of sp³-hybridized carbons (Fsp3) is 0.462. The number of carbonyl (C=O) groups is 1. The predicted octanol–water partition coefficient (Wildman–Crippen LogP) is 1.82. The summed E-state index contributed by atoms with van der Waals surface area (Å²) in [5.74, 6) is 0.683. The van der Waals surface area contributed by atoms with E-state index in [2.05, 4.69) is 32.3 Å². The van der Waals surface area contributed by atoms with Crippen LogP contribution in [0.2, 0.25) is 0 Å². The highest BCUT2D eigenvalue weighted by atomic mass is 32.2. The quantitative estimate of drug-likeness (QED) is 0.500. The van der Waals surface area contributed by atoms with Crippen LogP contribution in [0.15, 0.2) is 42.7 Å². The third-order valence-corrected chi connectivity index (χ3v) is 8.36. The molecule has 5 rings (SSSR count). The van der Waals surface area contributed by atoms with E-state index in [1.165, 1.54) is 10.6 Å². The minimum absolute atomic E-state index is 0.117. The van der Waals surface area contributed by atoms with Gasteiger partial charge in [0.1, 0.15) is 5.52 Å². The number of sulfonamides is 1. The molecule has 11 nitrogen and oxygen atoms in total. The van der Waals surface area contributed by atoms with Gasteiger partial charge in [-0.15, -0.1) is 0 Å². The molecule has 1 aromatic carbocycles. The Balaban J connectivity index is 1.36. The van der Waals surface area contributed by atoms with Crippen LogP contribution in [0.4, 0.5) is 11.5 Å². The van der Waals surface area contributed by atoms with Crippen molar-refractivity contribution >= 4 is 38.5 Å². The molecule has 0 saturated carbocycles. The van der Waals surface area contributed by atoms with Crippen molar-refractivity contribution in [2.45, 2.75) is 19.4 Å². The van der Waals surface area contributed by atoms with Crippen molar-refractivity contribution in [3.05, 3.63) is 42.7 Å². The van der Waals surface area contributed by atoms with Gasteiger partial charge in [-0.25, -0.2) is 18.4 Å². The molecule has 2 aliphatic heterocycles. The largest absolute Gasteiger partial charge is 0.371 e. The first-order valence-electron chi connectivity index (χ1n) is 12.7. The van der Waals surface area contributed by atoms with Gasteiger partial charge in [0, 0.05) is 76.4 Å². The number of fused-ring (bicyclic) bond motifs is 1. The Hall–Kier alpha value is -3.35. The third-order valence-electron chi connectivity index (χ3n) is 7.11. The predicted molar refractivity (Wildman–Crippen MR) is 146 cm³/mol. The molecule has 0 bridgehead atoms. The lowest BCUT2D eigenvalue weighted by molar-refractivity contribution is -0.129. The zero-order chi connectivity index (χ0) is 26.9. The fourth-order valence-corrected chi connectivity index (χ4v) is 5.83. The number of hydrogen-bond acceptors (Lipinski definition) is 9. The van der Waals surface area contributed by atoms with E-state index < -0.39 is 15.6 Å². The summed E-state index contributed by atoms with van der Waals surface area (Å²) in [6.45, 7) is 7.84. The average Bonchev–Trinajstić information content (AvgIpc) is 2.91. The number of carbonyl (C=O) groups excluding carboxylic acids is 1. The van der Waals surface area contributed by atoms with Gasteiger partial charge in [-0.1, -0.05) is 12.1 Å². The lowest BCUT2D eigenvalue weighted by Gasteiger charge is -2.39. The number of anilines is 2. The van der Waals surface area contributed by atoms with Gasteiger partial charge in [-0.05, 0) is 25.1 Å². The van der Waals surface area contributed by atoms with Gasteiger partial charge < -0.3 is 19.9 Å². The molecular weight excluding hydrogens is 506 g/mol. The van der Waals surface area contributed by atoms with Gasteiger partial charge in [0.15, 0.2) is 5.82 Å². The van der Waals surface area contributed by atoms with Crippen LogP contribution in [0.3, 0.4) is 0 Å². The number of pyridine rings is 1. The van der Waals surface area contributed by atoms with Crippen molar-refractivity contribution in [3.8, 4) is 11.3 Å². The second-order valence-corrected chi connectivity index (χ2v) is 12.1. The second kappa shape index (κ2) is 10.4. The number of amides is 1. The molecule has 2 aliphatic rings. The maximum Gasteiger partial charge on any atom is 0.219 e. The van der Waals surface area contributed by atoms with Crippen molar-refractivity contribution in [2.75, 3.05) is 68.9 Å². The van der Waals surface area contributed by atoms with Gasteiger partial charge in [0.2, 0.25) is 15.9 Å². The molecule has 202 valence electrons. The van der Waals surface area contributed by atoms with Crippen LogP contribution in [0.1, 0.15) is 13.8 Å². The summed E-state index contributed by atoms with van der Waals surface area (Å²) in [5.41, 5.74) is 3.42. The first-order chi connectivity index (χ1) is 18.1. The first-order valence-corrected chi connectivity index (χ1v) is 14.5. The smallest absolute Gasteiger partial charge is 0.219 e. The number of piperazine rings is 1. The maximum absolute atomic E-state index is 12.1. The standard InChI is InChI=1S/C26H33N7O4S/c1-19(34)31-10-12-32(13-11-31)21-6-4-20(5-7-21)22-16-23-24(28-9-8-27-23)25(30-22)29-17-26(2)18-33(14-15-37-26)38(3,35)36/h4-9,16H,10-15,17-18H2,1-3H3,(H,29,30)/t26-/m0/s1. The van der Waals surface area contributed by atoms with E-state index in [0.29, 0.717) is 36.5 Å². The van der Waals surface area contributed by atoms with Crippen molar-refractivity contribution in [1.82, 2.24) is 24.2 Å². The van der Waals surface area contributed by atoms with E-state index in [1.54, 1.807) is 19.3 Å². The van der Waals surface area contributed by atoms with Gasteiger partial charge >= 0.3 is 0 Å².